The standard InChI is InChI=1S/C12H21NO5/c1-5-12(9(15)16)8(11(2,3)4)7(14)6-13(12)10(17)18/h7-8,14H,5-6H2,1-4H3,(H,15,16)(H,17,18)/t7-,8?,12+/m1/s1. The molecule has 0 aliphatic carbocycles. The third-order valence-corrected chi connectivity index (χ3v) is 3.82. The monoisotopic (exact) mass is 259 g/mol. The summed E-state index contributed by atoms with van der Waals surface area (Å²) in [5, 5.41) is 28.8. The van der Waals surface area contributed by atoms with Crippen LogP contribution in [-0.4, -0.2) is 50.5 Å². The Morgan fingerprint density at radius 2 is 1.83 bits per heavy atom. The van der Waals surface area contributed by atoms with Gasteiger partial charge >= 0.3 is 12.1 Å². The second-order valence-corrected chi connectivity index (χ2v) is 5.89. The maximum atomic E-state index is 11.7. The molecule has 1 unspecified atom stereocenters. The molecule has 0 spiro atoms. The molecule has 1 heterocycles. The van der Waals surface area contributed by atoms with E-state index >= 15 is 0 Å². The first-order valence-electron chi connectivity index (χ1n) is 6.01. The Kier molecular flexibility index (Phi) is 3.63. The van der Waals surface area contributed by atoms with Crippen molar-refractivity contribution in [2.75, 3.05) is 6.54 Å². The van der Waals surface area contributed by atoms with Crippen LogP contribution < -0.4 is 0 Å². The van der Waals surface area contributed by atoms with Gasteiger partial charge in [0.25, 0.3) is 0 Å². The molecule has 1 saturated heterocycles. The van der Waals surface area contributed by atoms with E-state index in [1.165, 1.54) is 0 Å². The molecule has 6 heteroatoms. The minimum atomic E-state index is -1.55. The molecule has 6 nitrogen and oxygen atoms in total. The SMILES string of the molecule is CC[C@@]1(C(=O)O)C(C(C)(C)C)[C@H](O)CN1C(=O)O. The number of rotatable bonds is 2. The fourth-order valence-corrected chi connectivity index (χ4v) is 3.29. The number of hydrogen-bond donors (Lipinski definition) is 3. The summed E-state index contributed by atoms with van der Waals surface area (Å²) in [6.45, 7) is 6.94. The first kappa shape index (κ1) is 14.8. The molecule has 1 aliphatic rings. The van der Waals surface area contributed by atoms with Gasteiger partial charge in [0.15, 0.2) is 0 Å². The average Bonchev–Trinajstić information content (AvgIpc) is 2.51. The van der Waals surface area contributed by atoms with E-state index in [2.05, 4.69) is 0 Å². The molecular weight excluding hydrogens is 238 g/mol. The van der Waals surface area contributed by atoms with E-state index in [1.54, 1.807) is 6.92 Å². The summed E-state index contributed by atoms with van der Waals surface area (Å²) >= 11 is 0. The second kappa shape index (κ2) is 4.42. The van der Waals surface area contributed by atoms with Crippen molar-refractivity contribution in [3.05, 3.63) is 0 Å². The minimum absolute atomic E-state index is 0.133. The number of aliphatic hydroxyl groups is 1. The Morgan fingerprint density at radius 3 is 2.11 bits per heavy atom. The van der Waals surface area contributed by atoms with Crippen LogP contribution in [0.5, 0.6) is 0 Å². The van der Waals surface area contributed by atoms with Gasteiger partial charge < -0.3 is 15.3 Å². The summed E-state index contributed by atoms with van der Waals surface area (Å²) in [7, 11) is 0. The molecule has 0 saturated carbocycles. The van der Waals surface area contributed by atoms with E-state index in [0.29, 0.717) is 0 Å². The molecule has 0 aromatic rings. The smallest absolute Gasteiger partial charge is 0.408 e. The van der Waals surface area contributed by atoms with Crippen molar-refractivity contribution < 1.29 is 24.9 Å². The van der Waals surface area contributed by atoms with Crippen LogP contribution >= 0.6 is 0 Å². The van der Waals surface area contributed by atoms with Crippen molar-refractivity contribution in [1.82, 2.24) is 4.90 Å². The van der Waals surface area contributed by atoms with Crippen molar-refractivity contribution in [1.29, 1.82) is 0 Å². The second-order valence-electron chi connectivity index (χ2n) is 5.89. The van der Waals surface area contributed by atoms with E-state index < -0.39 is 35.0 Å². The lowest BCUT2D eigenvalue weighted by Crippen LogP contribution is -2.58. The molecule has 0 aromatic carbocycles. The van der Waals surface area contributed by atoms with Crippen molar-refractivity contribution >= 4 is 12.1 Å². The zero-order valence-electron chi connectivity index (χ0n) is 11.2. The van der Waals surface area contributed by atoms with Crippen LogP contribution in [0, 0.1) is 11.3 Å². The highest BCUT2D eigenvalue weighted by Gasteiger charge is 2.62. The molecule has 104 valence electrons. The van der Waals surface area contributed by atoms with Crippen molar-refractivity contribution in [2.24, 2.45) is 11.3 Å². The van der Waals surface area contributed by atoms with Crippen molar-refractivity contribution in [2.45, 2.75) is 45.8 Å². The lowest BCUT2D eigenvalue weighted by molar-refractivity contribution is -0.155. The number of nitrogens with zero attached hydrogens (tertiary/aromatic N) is 1. The summed E-state index contributed by atoms with van der Waals surface area (Å²) in [5.41, 5.74) is -2.05. The van der Waals surface area contributed by atoms with Crippen molar-refractivity contribution in [3.63, 3.8) is 0 Å². The maximum Gasteiger partial charge on any atom is 0.408 e. The van der Waals surface area contributed by atoms with Crippen LogP contribution in [0.3, 0.4) is 0 Å². The van der Waals surface area contributed by atoms with Gasteiger partial charge in [-0.3, -0.25) is 4.90 Å². The van der Waals surface area contributed by atoms with E-state index in [9.17, 15) is 24.9 Å². The lowest BCUT2D eigenvalue weighted by Gasteiger charge is -2.42. The highest BCUT2D eigenvalue weighted by atomic mass is 16.4. The van der Waals surface area contributed by atoms with E-state index in [1.807, 2.05) is 20.8 Å². The molecule has 0 radical (unpaired) electrons. The van der Waals surface area contributed by atoms with Crippen LogP contribution in [0.1, 0.15) is 34.1 Å². The van der Waals surface area contributed by atoms with E-state index in [-0.39, 0.29) is 13.0 Å². The molecule has 1 fully saturated rings. The predicted molar refractivity (Wildman–Crippen MR) is 64.3 cm³/mol. The van der Waals surface area contributed by atoms with Gasteiger partial charge in [-0.1, -0.05) is 27.7 Å². The highest BCUT2D eigenvalue weighted by molar-refractivity contribution is 5.85. The van der Waals surface area contributed by atoms with Gasteiger partial charge in [-0.25, -0.2) is 9.59 Å². The molecule has 1 amide bonds. The summed E-state index contributed by atoms with van der Waals surface area (Å²) in [4.78, 5) is 23.8. The molecule has 3 atom stereocenters. The largest absolute Gasteiger partial charge is 0.479 e. The van der Waals surface area contributed by atoms with Crippen LogP contribution in [0.25, 0.3) is 0 Å². The third-order valence-electron chi connectivity index (χ3n) is 3.82. The normalized spacial score (nSPS) is 32.6. The van der Waals surface area contributed by atoms with Gasteiger partial charge in [0, 0.05) is 5.92 Å². The lowest BCUT2D eigenvalue weighted by atomic mass is 9.67. The number of amides is 1. The molecule has 1 aliphatic heterocycles. The molecule has 3 N–H and O–H groups in total. The van der Waals surface area contributed by atoms with E-state index in [4.69, 9.17) is 0 Å². The van der Waals surface area contributed by atoms with Gasteiger partial charge in [0.2, 0.25) is 0 Å². The first-order valence-corrected chi connectivity index (χ1v) is 6.01. The average molecular weight is 259 g/mol. The number of aliphatic carboxylic acids is 1. The van der Waals surface area contributed by atoms with Crippen LogP contribution in [0.15, 0.2) is 0 Å². The molecule has 1 rings (SSSR count). The molecule has 18 heavy (non-hydrogen) atoms. The number of carboxylic acids is 1. The number of β-amino-alcohol motifs (C(OH)–C–C–N with tert-alkyl or cyclic N) is 1. The van der Waals surface area contributed by atoms with Crippen LogP contribution in [-0.2, 0) is 4.79 Å². The van der Waals surface area contributed by atoms with Gasteiger partial charge in [0.05, 0.1) is 12.6 Å². The Labute approximate surface area is 106 Å². The van der Waals surface area contributed by atoms with Crippen LogP contribution in [0.2, 0.25) is 0 Å². The number of carboxylic acid groups (broad SMARTS) is 2. The maximum absolute atomic E-state index is 11.7. The number of likely N-dealkylation sites (tertiary alicyclic amines) is 1. The fraction of sp³-hybridized carbons (Fsp3) is 0.833. The zero-order valence-corrected chi connectivity index (χ0v) is 11.2. The third kappa shape index (κ3) is 1.94. The number of hydrogen-bond acceptors (Lipinski definition) is 3. The number of aliphatic hydroxyl groups excluding tert-OH is 1. The van der Waals surface area contributed by atoms with Crippen molar-refractivity contribution in [3.8, 4) is 0 Å². The topological polar surface area (TPSA) is 98.1 Å². The predicted octanol–water partition coefficient (Wildman–Crippen LogP) is 1.24. The summed E-state index contributed by atoms with van der Waals surface area (Å²) in [5.74, 6) is -1.83. The van der Waals surface area contributed by atoms with Gasteiger partial charge in [-0.2, -0.15) is 0 Å². The Morgan fingerprint density at radius 1 is 1.33 bits per heavy atom. The zero-order chi connectivity index (χ0) is 14.3. The van der Waals surface area contributed by atoms with Gasteiger partial charge in [-0.05, 0) is 11.8 Å². The minimum Gasteiger partial charge on any atom is -0.479 e. The van der Waals surface area contributed by atoms with Crippen LogP contribution in [0.4, 0.5) is 4.79 Å². The molecule has 0 bridgehead atoms. The summed E-state index contributed by atoms with van der Waals surface area (Å²) in [6.07, 6.45) is -2.13. The Balaban J connectivity index is 3.40. The molecule has 0 aromatic heterocycles. The Bertz CT molecular complexity index is 362. The first-order chi connectivity index (χ1) is 8.09. The molecular formula is C12H21NO5. The highest BCUT2D eigenvalue weighted by Crippen LogP contribution is 2.47. The van der Waals surface area contributed by atoms with Gasteiger partial charge in [0.1, 0.15) is 5.54 Å². The van der Waals surface area contributed by atoms with E-state index in [0.717, 1.165) is 4.90 Å². The fourth-order valence-electron chi connectivity index (χ4n) is 3.29. The van der Waals surface area contributed by atoms with Gasteiger partial charge in [-0.15, -0.1) is 0 Å². The summed E-state index contributed by atoms with van der Waals surface area (Å²) < 4.78 is 0. The number of carbonyl (C=O) groups is 2. The summed E-state index contributed by atoms with van der Waals surface area (Å²) in [6, 6.07) is 0. The quantitative estimate of drug-likeness (QED) is 0.693. The Hall–Kier alpha value is -1.30.